The quantitative estimate of drug-likeness (QED) is 0.911. The molecule has 0 spiro atoms. The van der Waals surface area contributed by atoms with Crippen molar-refractivity contribution in [3.8, 4) is 6.07 Å². The summed E-state index contributed by atoms with van der Waals surface area (Å²) >= 11 is 0. The van der Waals surface area contributed by atoms with Crippen LogP contribution in [-0.2, 0) is 10.0 Å². The third kappa shape index (κ3) is 3.30. The van der Waals surface area contributed by atoms with Crippen LogP contribution in [0.3, 0.4) is 0 Å². The van der Waals surface area contributed by atoms with Gasteiger partial charge in [0.15, 0.2) is 0 Å². The SMILES string of the molecule is CC(N)C1CCN(S(=O)(=O)c2cccc(C#N)c2)C1.Cl. The zero-order valence-corrected chi connectivity index (χ0v) is 12.8. The fourth-order valence-electron chi connectivity index (χ4n) is 2.28. The summed E-state index contributed by atoms with van der Waals surface area (Å²) in [4.78, 5) is 0.178. The van der Waals surface area contributed by atoms with Crippen LogP contribution in [0.15, 0.2) is 29.2 Å². The van der Waals surface area contributed by atoms with Crippen molar-refractivity contribution in [1.29, 1.82) is 5.26 Å². The Morgan fingerprint density at radius 1 is 1.50 bits per heavy atom. The minimum absolute atomic E-state index is 0. The molecule has 1 heterocycles. The zero-order chi connectivity index (χ0) is 14.0. The van der Waals surface area contributed by atoms with E-state index in [2.05, 4.69) is 0 Å². The summed E-state index contributed by atoms with van der Waals surface area (Å²) in [6.45, 7) is 2.85. The Hall–Kier alpha value is -1.13. The van der Waals surface area contributed by atoms with E-state index in [0.29, 0.717) is 18.7 Å². The Kier molecular flexibility index (Phi) is 5.54. The molecule has 2 atom stereocenters. The normalized spacial score (nSPS) is 20.9. The summed E-state index contributed by atoms with van der Waals surface area (Å²) in [5, 5.41) is 8.83. The van der Waals surface area contributed by atoms with Gasteiger partial charge in [-0.1, -0.05) is 6.07 Å². The van der Waals surface area contributed by atoms with Gasteiger partial charge in [-0.2, -0.15) is 9.57 Å². The van der Waals surface area contributed by atoms with E-state index in [0.717, 1.165) is 6.42 Å². The van der Waals surface area contributed by atoms with Crippen LogP contribution in [0, 0.1) is 17.2 Å². The van der Waals surface area contributed by atoms with Gasteiger partial charge in [0, 0.05) is 19.1 Å². The van der Waals surface area contributed by atoms with Gasteiger partial charge < -0.3 is 5.73 Å². The molecular formula is C13H18ClN3O2S. The summed E-state index contributed by atoms with van der Waals surface area (Å²) in [5.74, 6) is 0.203. The maximum atomic E-state index is 12.4. The monoisotopic (exact) mass is 315 g/mol. The number of rotatable bonds is 3. The van der Waals surface area contributed by atoms with E-state index < -0.39 is 10.0 Å². The van der Waals surface area contributed by atoms with Gasteiger partial charge >= 0.3 is 0 Å². The Morgan fingerprint density at radius 2 is 2.20 bits per heavy atom. The molecular weight excluding hydrogens is 298 g/mol. The molecule has 0 radical (unpaired) electrons. The number of hydrogen-bond acceptors (Lipinski definition) is 4. The van der Waals surface area contributed by atoms with Crippen LogP contribution in [-0.4, -0.2) is 31.9 Å². The van der Waals surface area contributed by atoms with E-state index >= 15 is 0 Å². The van der Waals surface area contributed by atoms with Gasteiger partial charge in [0.1, 0.15) is 0 Å². The first-order valence-electron chi connectivity index (χ1n) is 6.21. The van der Waals surface area contributed by atoms with Gasteiger partial charge in [0.25, 0.3) is 0 Å². The second-order valence-electron chi connectivity index (χ2n) is 4.91. The van der Waals surface area contributed by atoms with Gasteiger partial charge in [-0.05, 0) is 37.5 Å². The number of halogens is 1. The van der Waals surface area contributed by atoms with Crippen molar-refractivity contribution in [1.82, 2.24) is 4.31 Å². The molecule has 110 valence electrons. The smallest absolute Gasteiger partial charge is 0.243 e. The summed E-state index contributed by atoms with van der Waals surface area (Å²) in [6, 6.07) is 8.06. The third-order valence-electron chi connectivity index (χ3n) is 3.53. The summed E-state index contributed by atoms with van der Waals surface area (Å²) in [6.07, 6.45) is 0.787. The van der Waals surface area contributed by atoms with Gasteiger partial charge in [-0.15, -0.1) is 12.4 Å². The topological polar surface area (TPSA) is 87.2 Å². The lowest BCUT2D eigenvalue weighted by Gasteiger charge is -2.18. The fraction of sp³-hybridized carbons (Fsp3) is 0.462. The highest BCUT2D eigenvalue weighted by Crippen LogP contribution is 2.25. The molecule has 1 aliphatic heterocycles. The highest BCUT2D eigenvalue weighted by Gasteiger charge is 2.33. The summed E-state index contributed by atoms with van der Waals surface area (Å²) in [7, 11) is -3.51. The van der Waals surface area contributed by atoms with E-state index in [1.807, 2.05) is 13.0 Å². The largest absolute Gasteiger partial charge is 0.328 e. The molecule has 0 saturated carbocycles. The van der Waals surface area contributed by atoms with Crippen molar-refractivity contribution in [3.05, 3.63) is 29.8 Å². The molecule has 1 saturated heterocycles. The van der Waals surface area contributed by atoms with Crippen molar-refractivity contribution in [2.24, 2.45) is 11.7 Å². The average Bonchev–Trinajstić information content (AvgIpc) is 2.89. The van der Waals surface area contributed by atoms with Crippen LogP contribution >= 0.6 is 12.4 Å². The molecule has 1 aliphatic rings. The molecule has 1 aromatic carbocycles. The Balaban J connectivity index is 0.00000200. The highest BCUT2D eigenvalue weighted by atomic mass is 35.5. The third-order valence-corrected chi connectivity index (χ3v) is 5.39. The van der Waals surface area contributed by atoms with Gasteiger partial charge in [0.05, 0.1) is 16.5 Å². The minimum atomic E-state index is -3.51. The number of sulfonamides is 1. The number of benzene rings is 1. The minimum Gasteiger partial charge on any atom is -0.328 e. The van der Waals surface area contributed by atoms with E-state index in [9.17, 15) is 8.42 Å². The van der Waals surface area contributed by atoms with Crippen LogP contribution in [0.4, 0.5) is 0 Å². The molecule has 2 rings (SSSR count). The molecule has 0 bridgehead atoms. The number of nitrogens with zero attached hydrogens (tertiary/aromatic N) is 2. The van der Waals surface area contributed by atoms with Crippen LogP contribution in [0.25, 0.3) is 0 Å². The summed E-state index contributed by atoms with van der Waals surface area (Å²) in [5.41, 5.74) is 6.17. The van der Waals surface area contributed by atoms with E-state index in [-0.39, 0.29) is 29.3 Å². The lowest BCUT2D eigenvalue weighted by Crippen LogP contribution is -2.33. The number of nitrogens with two attached hydrogens (primary N) is 1. The lowest BCUT2D eigenvalue weighted by atomic mass is 10.0. The van der Waals surface area contributed by atoms with Gasteiger partial charge in [-0.3, -0.25) is 0 Å². The van der Waals surface area contributed by atoms with Crippen LogP contribution in [0.1, 0.15) is 18.9 Å². The van der Waals surface area contributed by atoms with Crippen molar-refractivity contribution >= 4 is 22.4 Å². The Morgan fingerprint density at radius 3 is 2.75 bits per heavy atom. The highest BCUT2D eigenvalue weighted by molar-refractivity contribution is 7.89. The standard InChI is InChI=1S/C13H17N3O2S.ClH/c1-10(15)12-5-6-16(9-12)19(17,18)13-4-2-3-11(7-13)8-14;/h2-4,7,10,12H,5-6,9,15H2,1H3;1H. The lowest BCUT2D eigenvalue weighted by molar-refractivity contribution is 0.429. The van der Waals surface area contributed by atoms with Gasteiger partial charge in [-0.25, -0.2) is 8.42 Å². The summed E-state index contributed by atoms with van der Waals surface area (Å²) < 4.78 is 26.3. The van der Waals surface area contributed by atoms with Crippen LogP contribution in [0.5, 0.6) is 0 Å². The number of nitriles is 1. The maximum Gasteiger partial charge on any atom is 0.243 e. The first-order chi connectivity index (χ1) is 8.95. The van der Waals surface area contributed by atoms with Gasteiger partial charge in [0.2, 0.25) is 10.0 Å². The molecule has 1 aromatic rings. The molecule has 0 aromatic heterocycles. The molecule has 0 aliphatic carbocycles. The molecule has 2 unspecified atom stereocenters. The van der Waals surface area contributed by atoms with Crippen molar-refractivity contribution < 1.29 is 8.42 Å². The maximum absolute atomic E-state index is 12.4. The Labute approximate surface area is 125 Å². The zero-order valence-electron chi connectivity index (χ0n) is 11.2. The Bertz CT molecular complexity index is 610. The van der Waals surface area contributed by atoms with Crippen molar-refractivity contribution in [2.75, 3.05) is 13.1 Å². The van der Waals surface area contributed by atoms with E-state index in [4.69, 9.17) is 11.0 Å². The molecule has 7 heteroatoms. The predicted octanol–water partition coefficient (Wildman–Crippen LogP) is 1.34. The second kappa shape index (κ2) is 6.55. The molecule has 5 nitrogen and oxygen atoms in total. The van der Waals surface area contributed by atoms with Crippen LogP contribution < -0.4 is 5.73 Å². The van der Waals surface area contributed by atoms with E-state index in [1.165, 1.54) is 16.4 Å². The van der Waals surface area contributed by atoms with Crippen molar-refractivity contribution in [2.45, 2.75) is 24.3 Å². The molecule has 0 amide bonds. The molecule has 2 N–H and O–H groups in total. The second-order valence-corrected chi connectivity index (χ2v) is 6.85. The van der Waals surface area contributed by atoms with Crippen molar-refractivity contribution in [3.63, 3.8) is 0 Å². The van der Waals surface area contributed by atoms with Crippen LogP contribution in [0.2, 0.25) is 0 Å². The first kappa shape index (κ1) is 16.9. The number of hydrogen-bond donors (Lipinski definition) is 1. The fourth-order valence-corrected chi connectivity index (χ4v) is 3.83. The first-order valence-corrected chi connectivity index (χ1v) is 7.65. The average molecular weight is 316 g/mol. The van der Waals surface area contributed by atoms with E-state index in [1.54, 1.807) is 12.1 Å². The predicted molar refractivity (Wildman–Crippen MR) is 78.9 cm³/mol. The molecule has 1 fully saturated rings. The molecule has 20 heavy (non-hydrogen) atoms.